The fraction of sp³-hybridized carbons (Fsp3) is 0.278. The average Bonchev–Trinajstić information content (AvgIpc) is 2.55. The number of anilines is 2. The molecular formula is C18H22N2O4S2. The largest absolute Gasteiger partial charge is 0.491 e. The molecule has 0 aliphatic rings. The molecule has 2 N–H and O–H groups in total. The first kappa shape index (κ1) is 20.1. The number of benzene rings is 2. The standard InChI is InChI=1S/C18H22N2O4S2/c1-13(2)24-16-9-7-14(8-10-16)20-26(22,23)12-18(21)19-15-5-4-6-17(11-15)25-3/h4-11,13,20H,12H2,1-3H3,(H,19,21). The summed E-state index contributed by atoms with van der Waals surface area (Å²) < 4.78 is 32.3. The second-order valence-corrected chi connectivity index (χ2v) is 8.43. The predicted octanol–water partition coefficient (Wildman–Crippen LogP) is 3.58. The van der Waals surface area contributed by atoms with E-state index < -0.39 is 21.7 Å². The summed E-state index contributed by atoms with van der Waals surface area (Å²) in [5.41, 5.74) is 0.936. The Morgan fingerprint density at radius 2 is 1.81 bits per heavy atom. The van der Waals surface area contributed by atoms with E-state index in [0.29, 0.717) is 17.1 Å². The average molecular weight is 395 g/mol. The molecule has 0 unspecified atom stereocenters. The third-order valence-electron chi connectivity index (χ3n) is 3.17. The number of ether oxygens (including phenoxy) is 1. The Hall–Kier alpha value is -2.19. The number of rotatable bonds is 8. The molecule has 2 aromatic rings. The van der Waals surface area contributed by atoms with Crippen LogP contribution in [0.5, 0.6) is 5.75 Å². The first-order chi connectivity index (χ1) is 12.3. The summed E-state index contributed by atoms with van der Waals surface area (Å²) in [5, 5.41) is 2.60. The number of thioether (sulfide) groups is 1. The molecule has 2 aromatic carbocycles. The van der Waals surface area contributed by atoms with E-state index in [2.05, 4.69) is 10.0 Å². The topological polar surface area (TPSA) is 84.5 Å². The zero-order chi connectivity index (χ0) is 19.2. The van der Waals surface area contributed by atoms with Gasteiger partial charge in [-0.05, 0) is 62.6 Å². The minimum atomic E-state index is -3.81. The molecule has 0 saturated carbocycles. The van der Waals surface area contributed by atoms with Crippen LogP contribution in [-0.2, 0) is 14.8 Å². The van der Waals surface area contributed by atoms with Crippen LogP contribution in [0.4, 0.5) is 11.4 Å². The first-order valence-electron chi connectivity index (χ1n) is 7.98. The van der Waals surface area contributed by atoms with E-state index in [1.54, 1.807) is 42.5 Å². The van der Waals surface area contributed by atoms with Gasteiger partial charge in [0.2, 0.25) is 15.9 Å². The molecule has 26 heavy (non-hydrogen) atoms. The number of hydrogen-bond donors (Lipinski definition) is 2. The summed E-state index contributed by atoms with van der Waals surface area (Å²) >= 11 is 1.54. The van der Waals surface area contributed by atoms with E-state index in [9.17, 15) is 13.2 Å². The number of hydrogen-bond acceptors (Lipinski definition) is 5. The number of carbonyl (C=O) groups excluding carboxylic acids is 1. The monoisotopic (exact) mass is 394 g/mol. The summed E-state index contributed by atoms with van der Waals surface area (Å²) in [4.78, 5) is 13.0. The van der Waals surface area contributed by atoms with Crippen LogP contribution in [0.15, 0.2) is 53.4 Å². The molecule has 0 saturated heterocycles. The zero-order valence-electron chi connectivity index (χ0n) is 14.9. The van der Waals surface area contributed by atoms with Crippen molar-refractivity contribution in [3.05, 3.63) is 48.5 Å². The molecule has 0 fully saturated rings. The van der Waals surface area contributed by atoms with Gasteiger partial charge >= 0.3 is 0 Å². The van der Waals surface area contributed by atoms with Crippen molar-refractivity contribution in [1.82, 2.24) is 0 Å². The van der Waals surface area contributed by atoms with Gasteiger partial charge in [0.1, 0.15) is 11.5 Å². The fourth-order valence-electron chi connectivity index (χ4n) is 2.16. The number of sulfonamides is 1. The van der Waals surface area contributed by atoms with E-state index >= 15 is 0 Å². The Morgan fingerprint density at radius 1 is 1.12 bits per heavy atom. The van der Waals surface area contributed by atoms with Crippen molar-refractivity contribution in [1.29, 1.82) is 0 Å². The summed E-state index contributed by atoms with van der Waals surface area (Å²) in [7, 11) is -3.81. The summed E-state index contributed by atoms with van der Waals surface area (Å²) in [6, 6.07) is 13.7. The third-order valence-corrected chi connectivity index (χ3v) is 5.09. The normalized spacial score (nSPS) is 11.2. The molecule has 0 aliphatic heterocycles. The van der Waals surface area contributed by atoms with Crippen LogP contribution in [-0.4, -0.2) is 32.4 Å². The van der Waals surface area contributed by atoms with Gasteiger partial charge in [-0.15, -0.1) is 11.8 Å². The van der Waals surface area contributed by atoms with Crippen molar-refractivity contribution in [2.45, 2.75) is 24.8 Å². The zero-order valence-corrected chi connectivity index (χ0v) is 16.5. The highest BCUT2D eigenvalue weighted by Crippen LogP contribution is 2.20. The quantitative estimate of drug-likeness (QED) is 0.669. The molecule has 6 nitrogen and oxygen atoms in total. The van der Waals surface area contributed by atoms with Gasteiger partial charge in [-0.25, -0.2) is 8.42 Å². The SMILES string of the molecule is CSc1cccc(NC(=O)CS(=O)(=O)Nc2ccc(OC(C)C)cc2)c1. The van der Waals surface area contributed by atoms with Crippen molar-refractivity contribution < 1.29 is 17.9 Å². The third kappa shape index (κ3) is 6.61. The van der Waals surface area contributed by atoms with Crippen LogP contribution in [0.3, 0.4) is 0 Å². The van der Waals surface area contributed by atoms with Crippen molar-refractivity contribution in [2.75, 3.05) is 22.0 Å². The molecule has 0 heterocycles. The predicted molar refractivity (Wildman–Crippen MR) is 106 cm³/mol. The van der Waals surface area contributed by atoms with E-state index in [-0.39, 0.29) is 6.10 Å². The Labute approximate surface area is 158 Å². The van der Waals surface area contributed by atoms with E-state index in [1.807, 2.05) is 26.2 Å². The highest BCUT2D eigenvalue weighted by molar-refractivity contribution is 7.98. The highest BCUT2D eigenvalue weighted by Gasteiger charge is 2.17. The Bertz CT molecular complexity index is 850. The number of nitrogens with one attached hydrogen (secondary N) is 2. The maximum Gasteiger partial charge on any atom is 0.241 e. The number of amides is 1. The van der Waals surface area contributed by atoms with Crippen molar-refractivity contribution in [3.8, 4) is 5.75 Å². The molecule has 2 rings (SSSR count). The summed E-state index contributed by atoms with van der Waals surface area (Å²) in [6.07, 6.45) is 1.96. The van der Waals surface area contributed by atoms with Crippen LogP contribution in [0, 0.1) is 0 Å². The molecule has 0 radical (unpaired) electrons. The van der Waals surface area contributed by atoms with Crippen LogP contribution in [0.1, 0.15) is 13.8 Å². The molecule has 0 spiro atoms. The van der Waals surface area contributed by atoms with Gasteiger partial charge in [-0.2, -0.15) is 0 Å². The highest BCUT2D eigenvalue weighted by atomic mass is 32.2. The fourth-order valence-corrected chi connectivity index (χ4v) is 3.60. The Balaban J connectivity index is 1.95. The van der Waals surface area contributed by atoms with Gasteiger partial charge in [0.15, 0.2) is 0 Å². The van der Waals surface area contributed by atoms with Crippen LogP contribution < -0.4 is 14.8 Å². The van der Waals surface area contributed by atoms with Crippen molar-refractivity contribution in [2.24, 2.45) is 0 Å². The lowest BCUT2D eigenvalue weighted by Gasteiger charge is -2.12. The Kier molecular flexibility index (Phi) is 6.93. The smallest absolute Gasteiger partial charge is 0.241 e. The van der Waals surface area contributed by atoms with Crippen LogP contribution >= 0.6 is 11.8 Å². The molecule has 1 amide bonds. The molecule has 0 aromatic heterocycles. The molecule has 0 bridgehead atoms. The van der Waals surface area contributed by atoms with Crippen LogP contribution in [0.2, 0.25) is 0 Å². The Morgan fingerprint density at radius 3 is 2.42 bits per heavy atom. The van der Waals surface area contributed by atoms with Gasteiger partial charge in [0, 0.05) is 16.3 Å². The van der Waals surface area contributed by atoms with Crippen LogP contribution in [0.25, 0.3) is 0 Å². The van der Waals surface area contributed by atoms with Crippen molar-refractivity contribution in [3.63, 3.8) is 0 Å². The van der Waals surface area contributed by atoms with Gasteiger partial charge in [0.05, 0.1) is 6.10 Å². The minimum Gasteiger partial charge on any atom is -0.491 e. The molecule has 140 valence electrons. The second-order valence-electron chi connectivity index (χ2n) is 5.83. The number of carbonyl (C=O) groups is 1. The van der Waals surface area contributed by atoms with Gasteiger partial charge in [0.25, 0.3) is 0 Å². The van der Waals surface area contributed by atoms with Crippen molar-refractivity contribution >= 4 is 39.1 Å². The summed E-state index contributed by atoms with van der Waals surface area (Å²) in [5.74, 6) is -0.620. The lowest BCUT2D eigenvalue weighted by molar-refractivity contribution is -0.113. The van der Waals surface area contributed by atoms with Gasteiger partial charge in [-0.1, -0.05) is 6.07 Å². The van der Waals surface area contributed by atoms with Gasteiger partial charge < -0.3 is 10.1 Å². The lowest BCUT2D eigenvalue weighted by atomic mass is 10.3. The first-order valence-corrected chi connectivity index (χ1v) is 10.9. The molecular weight excluding hydrogens is 372 g/mol. The maximum atomic E-state index is 12.2. The maximum absolute atomic E-state index is 12.2. The summed E-state index contributed by atoms with van der Waals surface area (Å²) in [6.45, 7) is 3.81. The van der Waals surface area contributed by atoms with E-state index in [0.717, 1.165) is 4.90 Å². The molecule has 0 atom stereocenters. The lowest BCUT2D eigenvalue weighted by Crippen LogP contribution is -2.27. The van der Waals surface area contributed by atoms with Gasteiger partial charge in [-0.3, -0.25) is 9.52 Å². The second kappa shape index (κ2) is 8.95. The minimum absolute atomic E-state index is 0.0332. The van der Waals surface area contributed by atoms with E-state index in [4.69, 9.17) is 4.74 Å². The molecule has 8 heteroatoms. The molecule has 0 aliphatic carbocycles. The van der Waals surface area contributed by atoms with E-state index in [1.165, 1.54) is 11.8 Å².